The summed E-state index contributed by atoms with van der Waals surface area (Å²) in [6, 6.07) is -0.755. The average Bonchev–Trinajstić information content (AvgIpc) is 2.48. The lowest BCUT2D eigenvalue weighted by atomic mass is 10.1. The molecule has 0 saturated carbocycles. The van der Waals surface area contributed by atoms with Gasteiger partial charge >= 0.3 is 5.97 Å². The van der Waals surface area contributed by atoms with E-state index in [1.807, 2.05) is 6.92 Å². The molecular weight excluding hydrogens is 306 g/mol. The number of amides is 2. The smallest absolute Gasteiger partial charge is 0.308 e. The Morgan fingerprint density at radius 2 is 2.18 bits per heavy atom. The van der Waals surface area contributed by atoms with E-state index >= 15 is 0 Å². The van der Waals surface area contributed by atoms with Gasteiger partial charge in [-0.2, -0.15) is 0 Å². The molecule has 2 N–H and O–H groups in total. The van der Waals surface area contributed by atoms with Crippen molar-refractivity contribution in [2.45, 2.75) is 52.2 Å². The molecule has 124 valence electrons. The van der Waals surface area contributed by atoms with E-state index in [1.54, 1.807) is 18.7 Å². The van der Waals surface area contributed by atoms with Gasteiger partial charge in [-0.3, -0.25) is 14.4 Å². The Labute approximate surface area is 135 Å². The minimum atomic E-state index is -0.755. The Balaban J connectivity index is 2.73. The van der Waals surface area contributed by atoms with Gasteiger partial charge in [-0.05, 0) is 25.6 Å². The quantitative estimate of drug-likeness (QED) is 0.558. The van der Waals surface area contributed by atoms with Crippen LogP contribution in [0, 0.1) is 0 Å². The van der Waals surface area contributed by atoms with Crippen LogP contribution in [0.5, 0.6) is 0 Å². The summed E-state index contributed by atoms with van der Waals surface area (Å²) >= 11 is 5.17. The molecule has 0 spiro atoms. The molecule has 1 aliphatic rings. The third-order valence-corrected chi connectivity index (χ3v) is 3.76. The standard InChI is InChI=1S/C14H23N3O4S/c1-4-9(3)21-12(19)8-10-13(20)15-6-7-17(10)14(22)16-11(18)5-2/h9-10H,4-8H2,1-3H3,(H,15,20)(H,16,18,22). The van der Waals surface area contributed by atoms with E-state index in [4.69, 9.17) is 17.0 Å². The van der Waals surface area contributed by atoms with Gasteiger partial charge in [0.1, 0.15) is 6.04 Å². The van der Waals surface area contributed by atoms with E-state index in [9.17, 15) is 14.4 Å². The van der Waals surface area contributed by atoms with Crippen molar-refractivity contribution >= 4 is 35.1 Å². The summed E-state index contributed by atoms with van der Waals surface area (Å²) in [5.74, 6) is -0.969. The van der Waals surface area contributed by atoms with Gasteiger partial charge in [0.25, 0.3) is 0 Å². The third kappa shape index (κ3) is 5.25. The van der Waals surface area contributed by atoms with Gasteiger partial charge in [0.05, 0.1) is 12.5 Å². The van der Waals surface area contributed by atoms with E-state index < -0.39 is 12.0 Å². The Kier molecular flexibility index (Phi) is 7.23. The van der Waals surface area contributed by atoms with Crippen LogP contribution in [0.4, 0.5) is 0 Å². The number of hydrogen-bond donors (Lipinski definition) is 2. The van der Waals surface area contributed by atoms with E-state index in [0.717, 1.165) is 0 Å². The number of carbonyl (C=O) groups is 3. The molecule has 1 aliphatic heterocycles. The van der Waals surface area contributed by atoms with Crippen LogP contribution in [0.15, 0.2) is 0 Å². The van der Waals surface area contributed by atoms with Gasteiger partial charge in [0.2, 0.25) is 11.8 Å². The Morgan fingerprint density at radius 1 is 1.50 bits per heavy atom. The first-order chi connectivity index (χ1) is 10.4. The zero-order chi connectivity index (χ0) is 16.7. The van der Waals surface area contributed by atoms with Crippen LogP contribution < -0.4 is 10.6 Å². The fourth-order valence-electron chi connectivity index (χ4n) is 1.95. The second-order valence-electron chi connectivity index (χ2n) is 5.12. The summed E-state index contributed by atoms with van der Waals surface area (Å²) in [4.78, 5) is 36.9. The second-order valence-corrected chi connectivity index (χ2v) is 5.51. The number of hydrogen-bond acceptors (Lipinski definition) is 5. The Hall–Kier alpha value is -1.70. The van der Waals surface area contributed by atoms with E-state index in [2.05, 4.69) is 10.6 Å². The van der Waals surface area contributed by atoms with Crippen molar-refractivity contribution in [3.63, 3.8) is 0 Å². The Bertz CT molecular complexity index is 455. The van der Waals surface area contributed by atoms with Crippen LogP contribution in [0.3, 0.4) is 0 Å². The first kappa shape index (κ1) is 18.3. The lowest BCUT2D eigenvalue weighted by molar-refractivity contribution is -0.151. The van der Waals surface area contributed by atoms with Crippen molar-refractivity contribution in [1.82, 2.24) is 15.5 Å². The molecule has 7 nitrogen and oxygen atoms in total. The molecule has 0 radical (unpaired) electrons. The highest BCUT2D eigenvalue weighted by Gasteiger charge is 2.34. The highest BCUT2D eigenvalue weighted by Crippen LogP contribution is 2.12. The monoisotopic (exact) mass is 329 g/mol. The van der Waals surface area contributed by atoms with Crippen molar-refractivity contribution in [2.24, 2.45) is 0 Å². The topological polar surface area (TPSA) is 87.7 Å². The maximum Gasteiger partial charge on any atom is 0.308 e. The van der Waals surface area contributed by atoms with Gasteiger partial charge in [0, 0.05) is 19.5 Å². The maximum atomic E-state index is 12.0. The van der Waals surface area contributed by atoms with Crippen LogP contribution >= 0.6 is 12.2 Å². The second kappa shape index (κ2) is 8.67. The number of nitrogens with one attached hydrogen (secondary N) is 2. The fraction of sp³-hybridized carbons (Fsp3) is 0.714. The normalized spacial score (nSPS) is 19.1. The summed E-state index contributed by atoms with van der Waals surface area (Å²) < 4.78 is 5.20. The summed E-state index contributed by atoms with van der Waals surface area (Å²) in [6.07, 6.45) is 0.704. The summed E-state index contributed by atoms with van der Waals surface area (Å²) in [6.45, 7) is 6.27. The van der Waals surface area contributed by atoms with Crippen LogP contribution in [0.25, 0.3) is 0 Å². The van der Waals surface area contributed by atoms with E-state index in [0.29, 0.717) is 25.9 Å². The van der Waals surface area contributed by atoms with Gasteiger partial charge < -0.3 is 20.3 Å². The molecule has 1 heterocycles. The molecule has 1 rings (SSSR count). The van der Waals surface area contributed by atoms with Crippen molar-refractivity contribution in [2.75, 3.05) is 13.1 Å². The number of rotatable bonds is 5. The van der Waals surface area contributed by atoms with E-state index in [-0.39, 0.29) is 29.5 Å². The predicted octanol–water partition coefficient (Wildman–Crippen LogP) is 0.330. The average molecular weight is 329 g/mol. The van der Waals surface area contributed by atoms with Crippen molar-refractivity contribution in [1.29, 1.82) is 0 Å². The summed E-state index contributed by atoms with van der Waals surface area (Å²) in [7, 11) is 0. The fourth-order valence-corrected chi connectivity index (χ4v) is 2.29. The highest BCUT2D eigenvalue weighted by molar-refractivity contribution is 7.80. The lowest BCUT2D eigenvalue weighted by Crippen LogP contribution is -2.60. The van der Waals surface area contributed by atoms with Crippen LogP contribution in [0.2, 0.25) is 0 Å². The van der Waals surface area contributed by atoms with Gasteiger partial charge in [0.15, 0.2) is 5.11 Å². The number of nitrogens with zero attached hydrogens (tertiary/aromatic N) is 1. The zero-order valence-electron chi connectivity index (χ0n) is 13.2. The Morgan fingerprint density at radius 3 is 2.77 bits per heavy atom. The first-order valence-electron chi connectivity index (χ1n) is 7.46. The molecule has 1 saturated heterocycles. The number of carbonyl (C=O) groups excluding carboxylic acids is 3. The highest BCUT2D eigenvalue weighted by atomic mass is 32.1. The third-order valence-electron chi connectivity index (χ3n) is 3.43. The minimum absolute atomic E-state index is 0.0989. The SMILES string of the molecule is CCC(=O)NC(=S)N1CCNC(=O)C1CC(=O)OC(C)CC. The molecule has 0 bridgehead atoms. The predicted molar refractivity (Wildman–Crippen MR) is 85.0 cm³/mol. The molecule has 2 unspecified atom stereocenters. The molecule has 0 aromatic heterocycles. The van der Waals surface area contributed by atoms with Gasteiger partial charge in [-0.25, -0.2) is 0 Å². The summed E-state index contributed by atoms with van der Waals surface area (Å²) in [5.41, 5.74) is 0. The largest absolute Gasteiger partial charge is 0.463 e. The van der Waals surface area contributed by atoms with Gasteiger partial charge in [-0.1, -0.05) is 13.8 Å². The molecule has 2 amide bonds. The summed E-state index contributed by atoms with van der Waals surface area (Å²) in [5, 5.41) is 5.43. The maximum absolute atomic E-state index is 12.0. The zero-order valence-corrected chi connectivity index (χ0v) is 14.0. The van der Waals surface area contributed by atoms with Crippen molar-refractivity contribution < 1.29 is 19.1 Å². The number of ether oxygens (including phenoxy) is 1. The van der Waals surface area contributed by atoms with Crippen LogP contribution in [-0.4, -0.2) is 53.0 Å². The van der Waals surface area contributed by atoms with Crippen LogP contribution in [0.1, 0.15) is 40.0 Å². The van der Waals surface area contributed by atoms with Gasteiger partial charge in [-0.15, -0.1) is 0 Å². The molecule has 0 aliphatic carbocycles. The first-order valence-corrected chi connectivity index (χ1v) is 7.87. The molecule has 22 heavy (non-hydrogen) atoms. The minimum Gasteiger partial charge on any atom is -0.463 e. The number of esters is 1. The number of thiocarbonyl (C=S) groups is 1. The molecule has 1 fully saturated rings. The molecular formula is C14H23N3O4S. The molecule has 8 heteroatoms. The van der Waals surface area contributed by atoms with Crippen LogP contribution in [-0.2, 0) is 19.1 Å². The van der Waals surface area contributed by atoms with Crippen molar-refractivity contribution in [3.8, 4) is 0 Å². The molecule has 2 atom stereocenters. The van der Waals surface area contributed by atoms with Crippen molar-refractivity contribution in [3.05, 3.63) is 0 Å². The lowest BCUT2D eigenvalue weighted by Gasteiger charge is -2.36. The number of piperazine rings is 1. The molecule has 0 aromatic carbocycles. The van der Waals surface area contributed by atoms with E-state index in [1.165, 1.54) is 0 Å². The molecule has 0 aromatic rings.